The Morgan fingerprint density at radius 2 is 2.29 bits per heavy atom. The smallest absolute Gasteiger partial charge is 0.244 e. The minimum Gasteiger partial charge on any atom is -0.382 e. The molecular weight excluding hydrogens is 202 g/mol. The van der Waals surface area contributed by atoms with Crippen LogP contribution in [0, 0.1) is 0 Å². The molecule has 1 aromatic carbocycles. The SMILES string of the molecule is NC1=NS(=O)Nc2cccc(C=O)c21. The van der Waals surface area contributed by atoms with Crippen molar-refractivity contribution in [2.24, 2.45) is 10.1 Å². The van der Waals surface area contributed by atoms with E-state index in [-0.39, 0.29) is 5.84 Å². The third-order valence-electron chi connectivity index (χ3n) is 1.86. The van der Waals surface area contributed by atoms with Crippen molar-refractivity contribution >= 4 is 29.0 Å². The van der Waals surface area contributed by atoms with E-state index in [2.05, 4.69) is 9.12 Å². The number of carbonyl (C=O) groups is 1. The van der Waals surface area contributed by atoms with Gasteiger partial charge in [-0.3, -0.25) is 9.52 Å². The summed E-state index contributed by atoms with van der Waals surface area (Å²) in [5.74, 6) is 0.125. The highest BCUT2D eigenvalue weighted by Gasteiger charge is 2.18. The minimum absolute atomic E-state index is 0.125. The number of nitrogens with two attached hydrogens (primary N) is 1. The molecule has 0 aliphatic carbocycles. The zero-order valence-corrected chi connectivity index (χ0v) is 7.88. The monoisotopic (exact) mass is 209 g/mol. The Morgan fingerprint density at radius 1 is 1.50 bits per heavy atom. The zero-order chi connectivity index (χ0) is 10.1. The van der Waals surface area contributed by atoms with Crippen LogP contribution in [-0.4, -0.2) is 16.3 Å². The van der Waals surface area contributed by atoms with Gasteiger partial charge in [-0.15, -0.1) is 0 Å². The molecule has 72 valence electrons. The summed E-state index contributed by atoms with van der Waals surface area (Å²) in [7, 11) is 0. The molecule has 1 aliphatic heterocycles. The molecule has 0 spiro atoms. The van der Waals surface area contributed by atoms with E-state index in [1.807, 2.05) is 0 Å². The summed E-state index contributed by atoms with van der Waals surface area (Å²) in [5, 5.41) is 0. The number of aldehydes is 1. The van der Waals surface area contributed by atoms with Gasteiger partial charge in [-0.1, -0.05) is 12.1 Å². The number of hydrogen-bond acceptors (Lipinski definition) is 3. The van der Waals surface area contributed by atoms with Crippen LogP contribution in [0.25, 0.3) is 0 Å². The highest BCUT2D eigenvalue weighted by molar-refractivity contribution is 7.85. The molecule has 0 amide bonds. The van der Waals surface area contributed by atoms with Gasteiger partial charge < -0.3 is 5.73 Å². The van der Waals surface area contributed by atoms with E-state index < -0.39 is 11.2 Å². The lowest BCUT2D eigenvalue weighted by molar-refractivity contribution is 0.112. The van der Waals surface area contributed by atoms with Crippen LogP contribution in [0.4, 0.5) is 5.69 Å². The first-order chi connectivity index (χ1) is 6.72. The lowest BCUT2D eigenvalue weighted by Crippen LogP contribution is -2.24. The fourth-order valence-corrected chi connectivity index (χ4v) is 1.96. The molecular formula is C8H7N3O2S. The number of rotatable bonds is 1. The van der Waals surface area contributed by atoms with Gasteiger partial charge in [0, 0.05) is 5.56 Å². The molecule has 6 heteroatoms. The summed E-state index contributed by atoms with van der Waals surface area (Å²) in [6.45, 7) is 0. The molecule has 1 unspecified atom stereocenters. The quantitative estimate of drug-likeness (QED) is 0.648. The molecule has 1 aliphatic rings. The molecule has 14 heavy (non-hydrogen) atoms. The molecule has 0 radical (unpaired) electrons. The summed E-state index contributed by atoms with van der Waals surface area (Å²) in [6.07, 6.45) is 0.692. The van der Waals surface area contributed by atoms with Gasteiger partial charge in [0.1, 0.15) is 5.84 Å². The summed E-state index contributed by atoms with van der Waals surface area (Å²) in [5.41, 5.74) is 7.09. The van der Waals surface area contributed by atoms with Crippen molar-refractivity contribution in [2.45, 2.75) is 0 Å². The average Bonchev–Trinajstić information content (AvgIpc) is 2.16. The molecule has 0 saturated carbocycles. The molecule has 0 fully saturated rings. The molecule has 0 saturated heterocycles. The third-order valence-corrected chi connectivity index (χ3v) is 2.62. The van der Waals surface area contributed by atoms with E-state index in [4.69, 9.17) is 5.73 Å². The summed E-state index contributed by atoms with van der Waals surface area (Å²) in [4.78, 5) is 10.7. The van der Waals surface area contributed by atoms with Crippen LogP contribution in [0.5, 0.6) is 0 Å². The normalized spacial score (nSPS) is 19.1. The van der Waals surface area contributed by atoms with Crippen molar-refractivity contribution < 1.29 is 9.00 Å². The average molecular weight is 209 g/mol. The number of nitrogens with zero attached hydrogens (tertiary/aromatic N) is 1. The van der Waals surface area contributed by atoms with E-state index in [1.54, 1.807) is 18.2 Å². The third kappa shape index (κ3) is 1.29. The maximum atomic E-state index is 11.1. The van der Waals surface area contributed by atoms with Gasteiger partial charge in [-0.25, -0.2) is 4.21 Å². The molecule has 1 aromatic rings. The van der Waals surface area contributed by atoms with Gasteiger partial charge in [0.05, 0.1) is 11.3 Å². The van der Waals surface area contributed by atoms with Crippen molar-refractivity contribution in [1.29, 1.82) is 0 Å². The minimum atomic E-state index is -1.54. The van der Waals surface area contributed by atoms with Crippen molar-refractivity contribution in [2.75, 3.05) is 4.72 Å². The topological polar surface area (TPSA) is 84.5 Å². The summed E-state index contributed by atoms with van der Waals surface area (Å²) >= 11 is -1.54. The predicted molar refractivity (Wildman–Crippen MR) is 54.3 cm³/mol. The van der Waals surface area contributed by atoms with E-state index in [0.29, 0.717) is 23.1 Å². The Labute approximate surface area is 82.7 Å². The van der Waals surface area contributed by atoms with Crippen molar-refractivity contribution in [3.63, 3.8) is 0 Å². The second-order valence-corrected chi connectivity index (χ2v) is 3.60. The maximum absolute atomic E-state index is 11.1. The Balaban J connectivity index is 2.69. The molecule has 0 aromatic heterocycles. The first-order valence-corrected chi connectivity index (χ1v) is 4.94. The number of carbonyl (C=O) groups excluding carboxylic acids is 1. The fraction of sp³-hybridized carbons (Fsp3) is 0. The number of nitrogens with one attached hydrogen (secondary N) is 1. The Morgan fingerprint density at radius 3 is 3.00 bits per heavy atom. The van der Waals surface area contributed by atoms with Gasteiger partial charge in [0.25, 0.3) is 0 Å². The molecule has 1 atom stereocenters. The lowest BCUT2D eigenvalue weighted by atomic mass is 10.1. The van der Waals surface area contributed by atoms with Crippen LogP contribution in [-0.2, 0) is 11.2 Å². The first-order valence-electron chi connectivity index (χ1n) is 3.83. The second kappa shape index (κ2) is 3.22. The van der Waals surface area contributed by atoms with Gasteiger partial charge in [-0.2, -0.15) is 4.40 Å². The number of hydrogen-bond donors (Lipinski definition) is 2. The van der Waals surface area contributed by atoms with E-state index in [1.165, 1.54) is 0 Å². The van der Waals surface area contributed by atoms with Crippen LogP contribution in [0.3, 0.4) is 0 Å². The molecule has 5 nitrogen and oxygen atoms in total. The highest BCUT2D eigenvalue weighted by atomic mass is 32.2. The van der Waals surface area contributed by atoms with Gasteiger partial charge >= 0.3 is 0 Å². The lowest BCUT2D eigenvalue weighted by Gasteiger charge is -2.15. The van der Waals surface area contributed by atoms with Crippen LogP contribution in [0.15, 0.2) is 22.6 Å². The van der Waals surface area contributed by atoms with E-state index in [9.17, 15) is 9.00 Å². The molecule has 2 rings (SSSR count). The zero-order valence-electron chi connectivity index (χ0n) is 7.06. The van der Waals surface area contributed by atoms with Crippen LogP contribution in [0.1, 0.15) is 15.9 Å². The second-order valence-electron chi connectivity index (χ2n) is 2.72. The standard InChI is InChI=1S/C8H7N3O2S/c9-8-7-5(4-12)2-1-3-6(7)10-14(13)11-8/h1-4,10H,(H2,9,11). The maximum Gasteiger partial charge on any atom is 0.244 e. The molecule has 3 N–H and O–H groups in total. The Hall–Kier alpha value is -1.69. The van der Waals surface area contributed by atoms with Crippen LogP contribution in [0.2, 0.25) is 0 Å². The van der Waals surface area contributed by atoms with Gasteiger partial charge in [-0.05, 0) is 6.07 Å². The summed E-state index contributed by atoms with van der Waals surface area (Å²) in [6, 6.07) is 5.01. The largest absolute Gasteiger partial charge is 0.382 e. The van der Waals surface area contributed by atoms with Crippen molar-refractivity contribution in [3.8, 4) is 0 Å². The van der Waals surface area contributed by atoms with Crippen LogP contribution < -0.4 is 10.5 Å². The number of amidine groups is 1. The van der Waals surface area contributed by atoms with Gasteiger partial charge in [0.15, 0.2) is 6.29 Å². The molecule has 1 heterocycles. The van der Waals surface area contributed by atoms with E-state index >= 15 is 0 Å². The number of anilines is 1. The van der Waals surface area contributed by atoms with Crippen molar-refractivity contribution in [1.82, 2.24) is 0 Å². The van der Waals surface area contributed by atoms with Crippen molar-refractivity contribution in [3.05, 3.63) is 29.3 Å². The first kappa shape index (κ1) is 8.89. The number of benzene rings is 1. The Kier molecular flexibility index (Phi) is 2.05. The fourth-order valence-electron chi connectivity index (χ4n) is 1.29. The van der Waals surface area contributed by atoms with E-state index in [0.717, 1.165) is 0 Å². The summed E-state index contributed by atoms with van der Waals surface area (Å²) < 4.78 is 17.3. The van der Waals surface area contributed by atoms with Gasteiger partial charge in [0.2, 0.25) is 11.2 Å². The molecule has 0 bridgehead atoms. The highest BCUT2D eigenvalue weighted by Crippen LogP contribution is 2.22. The predicted octanol–water partition coefficient (Wildman–Crippen LogP) is 0.209. The van der Waals surface area contributed by atoms with Crippen LogP contribution >= 0.6 is 0 Å². The number of fused-ring (bicyclic) bond motifs is 1. The Bertz CT molecular complexity index is 456.